The molecule has 0 spiro atoms. The van der Waals surface area contributed by atoms with E-state index in [1.165, 1.54) is 0 Å². The summed E-state index contributed by atoms with van der Waals surface area (Å²) in [5.41, 5.74) is -1.65. The monoisotopic (exact) mass is 718 g/mol. The first-order valence-electron chi connectivity index (χ1n) is 18.8. The van der Waals surface area contributed by atoms with Crippen LogP contribution >= 0.6 is 0 Å². The van der Waals surface area contributed by atoms with E-state index in [9.17, 15) is 9.59 Å². The van der Waals surface area contributed by atoms with Crippen LogP contribution in [0.15, 0.2) is 0 Å². The number of carbonyl (C=O) groups excluding carboxylic acids is 2. The standard InChI is InChI=1S/C36H71N13O2/c1-33(2)26-48(28(50)35(5,6)42-33)24-22-46(12)31-39-30(38-17-15-19-45(11)21-20-44(10)18-14-16-37-9)40-32(41-31)47(13)23-25-49-27-34(3,4)43-36(7,8)29(49)51/h37,42-43H,14-27H2,1-13H3,(H,38,39,40,41). The number of anilines is 3. The van der Waals surface area contributed by atoms with Crippen molar-refractivity contribution in [2.24, 2.45) is 0 Å². The van der Waals surface area contributed by atoms with Gasteiger partial charge in [-0.3, -0.25) is 20.2 Å². The first kappa shape index (κ1) is 42.6. The summed E-state index contributed by atoms with van der Waals surface area (Å²) in [7, 11) is 10.3. The van der Waals surface area contributed by atoms with Crippen molar-refractivity contribution in [2.75, 3.05) is 129 Å². The summed E-state index contributed by atoms with van der Waals surface area (Å²) in [4.78, 5) is 53.6. The number of nitrogens with zero attached hydrogens (tertiary/aromatic N) is 9. The Bertz CT molecular complexity index is 1210. The summed E-state index contributed by atoms with van der Waals surface area (Å²) < 4.78 is 0. The summed E-state index contributed by atoms with van der Waals surface area (Å²) in [6, 6.07) is 0. The highest BCUT2D eigenvalue weighted by atomic mass is 16.2. The second-order valence-electron chi connectivity index (χ2n) is 17.2. The Hall–Kier alpha value is -2.85. The molecule has 51 heavy (non-hydrogen) atoms. The van der Waals surface area contributed by atoms with Gasteiger partial charge in [0.05, 0.1) is 11.1 Å². The van der Waals surface area contributed by atoms with Gasteiger partial charge in [-0.25, -0.2) is 0 Å². The van der Waals surface area contributed by atoms with Crippen LogP contribution in [0.5, 0.6) is 0 Å². The number of hydrogen-bond acceptors (Lipinski definition) is 13. The molecule has 15 nitrogen and oxygen atoms in total. The summed E-state index contributed by atoms with van der Waals surface area (Å²) in [6.45, 7) is 25.6. The average molecular weight is 718 g/mol. The minimum Gasteiger partial charge on any atom is -0.354 e. The van der Waals surface area contributed by atoms with E-state index in [0.29, 0.717) is 57.1 Å². The number of piperazine rings is 2. The van der Waals surface area contributed by atoms with E-state index in [1.807, 2.05) is 68.4 Å². The number of aromatic nitrogens is 3. The molecule has 0 radical (unpaired) electrons. The highest BCUT2D eigenvalue weighted by Crippen LogP contribution is 2.24. The predicted octanol–water partition coefficient (Wildman–Crippen LogP) is 0.997. The number of nitrogens with one attached hydrogen (secondary N) is 4. The molecule has 1 aromatic heterocycles. The summed E-state index contributed by atoms with van der Waals surface area (Å²) >= 11 is 0. The summed E-state index contributed by atoms with van der Waals surface area (Å²) in [6.07, 6.45) is 2.09. The lowest BCUT2D eigenvalue weighted by Gasteiger charge is -2.47. The van der Waals surface area contributed by atoms with Gasteiger partial charge >= 0.3 is 0 Å². The van der Waals surface area contributed by atoms with E-state index in [4.69, 9.17) is 15.0 Å². The van der Waals surface area contributed by atoms with Crippen molar-refractivity contribution in [3.63, 3.8) is 0 Å². The van der Waals surface area contributed by atoms with Crippen LogP contribution in [0.2, 0.25) is 0 Å². The van der Waals surface area contributed by atoms with Crippen LogP contribution in [0, 0.1) is 0 Å². The highest BCUT2D eigenvalue weighted by Gasteiger charge is 2.44. The quantitative estimate of drug-likeness (QED) is 0.143. The SMILES string of the molecule is CNCCCN(C)CCN(C)CCCNc1nc(N(C)CCN2CC(C)(C)NC(C)(C)C2=O)nc(N(C)CCN2CC(C)(C)NC(C)(C)C2=O)n1. The van der Waals surface area contributed by atoms with Crippen molar-refractivity contribution in [3.05, 3.63) is 0 Å². The molecule has 3 rings (SSSR count). The molecule has 292 valence electrons. The van der Waals surface area contributed by atoms with Crippen LogP contribution < -0.4 is 31.1 Å². The smallest absolute Gasteiger partial charge is 0.242 e. The second kappa shape index (κ2) is 17.8. The molecule has 0 bridgehead atoms. The van der Waals surface area contributed by atoms with Crippen molar-refractivity contribution < 1.29 is 9.59 Å². The number of rotatable bonds is 20. The van der Waals surface area contributed by atoms with Crippen LogP contribution in [0.25, 0.3) is 0 Å². The average Bonchev–Trinajstić information content (AvgIpc) is 3.02. The Kier molecular flexibility index (Phi) is 14.8. The molecule has 2 aliphatic rings. The molecule has 4 N–H and O–H groups in total. The molecule has 0 saturated carbocycles. The van der Waals surface area contributed by atoms with Gasteiger partial charge in [0.15, 0.2) is 0 Å². The molecule has 0 unspecified atom stereocenters. The van der Waals surface area contributed by atoms with E-state index >= 15 is 0 Å². The van der Waals surface area contributed by atoms with Crippen molar-refractivity contribution in [1.82, 2.24) is 50.5 Å². The maximum Gasteiger partial charge on any atom is 0.242 e. The van der Waals surface area contributed by atoms with Gasteiger partial charge in [0, 0.05) is 84.1 Å². The Labute approximate surface area is 308 Å². The topological polar surface area (TPSA) is 140 Å². The van der Waals surface area contributed by atoms with Gasteiger partial charge in [-0.05, 0) is 109 Å². The number of hydrogen-bond donors (Lipinski definition) is 4. The third-order valence-corrected chi connectivity index (χ3v) is 9.65. The minimum atomic E-state index is -0.632. The molecular weight excluding hydrogens is 646 g/mol. The number of amides is 2. The van der Waals surface area contributed by atoms with Gasteiger partial charge in [0.25, 0.3) is 0 Å². The highest BCUT2D eigenvalue weighted by molar-refractivity contribution is 5.87. The van der Waals surface area contributed by atoms with Crippen LogP contribution in [0.1, 0.15) is 68.2 Å². The minimum absolute atomic E-state index is 0.0906. The lowest BCUT2D eigenvalue weighted by atomic mass is 9.90. The molecule has 15 heteroatoms. The molecule has 1 aromatic rings. The maximum absolute atomic E-state index is 13.3. The Balaban J connectivity index is 1.69. The summed E-state index contributed by atoms with van der Waals surface area (Å²) in [5.74, 6) is 1.77. The molecule has 2 fully saturated rings. The van der Waals surface area contributed by atoms with E-state index in [2.05, 4.69) is 72.9 Å². The summed E-state index contributed by atoms with van der Waals surface area (Å²) in [5, 5.41) is 13.6. The van der Waals surface area contributed by atoms with Crippen molar-refractivity contribution >= 4 is 29.7 Å². The largest absolute Gasteiger partial charge is 0.354 e. The molecule has 0 atom stereocenters. The fraction of sp³-hybridized carbons (Fsp3) is 0.861. The second-order valence-corrected chi connectivity index (χ2v) is 17.2. The first-order chi connectivity index (χ1) is 23.6. The van der Waals surface area contributed by atoms with E-state index in [0.717, 1.165) is 52.1 Å². The van der Waals surface area contributed by atoms with Gasteiger partial charge in [-0.2, -0.15) is 15.0 Å². The Morgan fingerprint density at radius 1 is 0.627 bits per heavy atom. The Morgan fingerprint density at radius 3 is 1.45 bits per heavy atom. The van der Waals surface area contributed by atoms with Crippen LogP contribution in [-0.4, -0.2) is 182 Å². The predicted molar refractivity (Wildman–Crippen MR) is 209 cm³/mol. The van der Waals surface area contributed by atoms with Crippen molar-refractivity contribution in [2.45, 2.75) is 90.4 Å². The zero-order chi connectivity index (χ0) is 38.2. The van der Waals surface area contributed by atoms with E-state index in [-0.39, 0.29) is 22.9 Å². The molecule has 3 heterocycles. The van der Waals surface area contributed by atoms with Gasteiger partial charge in [0.2, 0.25) is 29.7 Å². The third kappa shape index (κ3) is 13.0. The molecule has 2 amide bonds. The normalized spacial score (nSPS) is 19.6. The van der Waals surface area contributed by atoms with E-state index < -0.39 is 11.1 Å². The van der Waals surface area contributed by atoms with Crippen molar-refractivity contribution in [1.29, 1.82) is 0 Å². The van der Waals surface area contributed by atoms with Crippen LogP contribution in [0.3, 0.4) is 0 Å². The fourth-order valence-electron chi connectivity index (χ4n) is 7.28. The molecule has 2 aliphatic heterocycles. The fourth-order valence-corrected chi connectivity index (χ4v) is 7.28. The lowest BCUT2D eigenvalue weighted by molar-refractivity contribution is -0.143. The maximum atomic E-state index is 13.3. The van der Waals surface area contributed by atoms with Gasteiger partial charge in [-0.1, -0.05) is 0 Å². The number of likely N-dealkylation sites (N-methyl/N-ethyl adjacent to an activating group) is 4. The number of carbonyl (C=O) groups is 2. The first-order valence-corrected chi connectivity index (χ1v) is 18.8. The molecule has 2 saturated heterocycles. The third-order valence-electron chi connectivity index (χ3n) is 9.65. The van der Waals surface area contributed by atoms with Gasteiger partial charge < -0.3 is 40.0 Å². The zero-order valence-corrected chi connectivity index (χ0v) is 34.2. The van der Waals surface area contributed by atoms with Gasteiger partial charge in [-0.15, -0.1) is 0 Å². The van der Waals surface area contributed by atoms with Crippen molar-refractivity contribution in [3.8, 4) is 0 Å². The molecule has 0 aliphatic carbocycles. The van der Waals surface area contributed by atoms with Crippen LogP contribution in [-0.2, 0) is 9.59 Å². The lowest BCUT2D eigenvalue weighted by Crippen LogP contribution is -2.70. The zero-order valence-electron chi connectivity index (χ0n) is 34.2. The Morgan fingerprint density at radius 2 is 1.04 bits per heavy atom. The van der Waals surface area contributed by atoms with Crippen LogP contribution in [0.4, 0.5) is 17.8 Å². The molecule has 0 aromatic carbocycles. The van der Waals surface area contributed by atoms with E-state index in [1.54, 1.807) is 0 Å². The molecular formula is C36H71N13O2. The van der Waals surface area contributed by atoms with Gasteiger partial charge in [0.1, 0.15) is 0 Å².